The van der Waals surface area contributed by atoms with E-state index in [-0.39, 0.29) is 17.9 Å². The number of aliphatic hydroxyl groups excluding tert-OH is 1. The van der Waals surface area contributed by atoms with Crippen LogP contribution in [0.2, 0.25) is 0 Å². The van der Waals surface area contributed by atoms with E-state index in [1.165, 1.54) is 0 Å². The van der Waals surface area contributed by atoms with Crippen LogP contribution in [0.1, 0.15) is 30.8 Å². The lowest BCUT2D eigenvalue weighted by molar-refractivity contribution is 0.0934. The summed E-state index contributed by atoms with van der Waals surface area (Å²) in [6.07, 6.45) is 5.36. The molecule has 2 N–H and O–H groups in total. The van der Waals surface area contributed by atoms with Crippen LogP contribution >= 0.6 is 0 Å². The van der Waals surface area contributed by atoms with Crippen molar-refractivity contribution in [2.75, 3.05) is 6.54 Å². The van der Waals surface area contributed by atoms with E-state index in [1.807, 2.05) is 13.0 Å². The van der Waals surface area contributed by atoms with Gasteiger partial charge in [0.2, 0.25) is 0 Å². The van der Waals surface area contributed by atoms with Crippen LogP contribution < -0.4 is 5.32 Å². The maximum Gasteiger partial charge on any atom is 0.269 e. The molecule has 2 unspecified atom stereocenters. The van der Waals surface area contributed by atoms with Gasteiger partial charge in [0.25, 0.3) is 5.91 Å². The molecule has 0 aromatic carbocycles. The fourth-order valence-corrected chi connectivity index (χ4v) is 2.11. The first-order valence-corrected chi connectivity index (χ1v) is 6.98. The molecule has 0 aliphatic rings. The molecule has 112 valence electrons. The van der Waals surface area contributed by atoms with E-state index in [0.29, 0.717) is 24.5 Å². The van der Waals surface area contributed by atoms with E-state index >= 15 is 0 Å². The number of amides is 1. The second-order valence-electron chi connectivity index (χ2n) is 5.25. The molecule has 2 aromatic heterocycles. The number of hydrogen-bond acceptors (Lipinski definition) is 4. The topological polar surface area (TPSA) is 80.0 Å². The number of nitrogens with zero attached hydrogens (tertiary/aromatic N) is 3. The van der Waals surface area contributed by atoms with Gasteiger partial charge in [0.1, 0.15) is 17.8 Å². The van der Waals surface area contributed by atoms with Gasteiger partial charge in [-0.05, 0) is 31.4 Å². The second-order valence-corrected chi connectivity index (χ2v) is 5.25. The third-order valence-corrected chi connectivity index (χ3v) is 3.09. The molecule has 21 heavy (non-hydrogen) atoms. The average molecular weight is 288 g/mol. The molecule has 6 nitrogen and oxygen atoms in total. The summed E-state index contributed by atoms with van der Waals surface area (Å²) >= 11 is 0. The molecule has 2 aromatic rings. The van der Waals surface area contributed by atoms with Crippen molar-refractivity contribution in [1.82, 2.24) is 19.9 Å². The van der Waals surface area contributed by atoms with Crippen molar-refractivity contribution in [3.63, 3.8) is 0 Å². The van der Waals surface area contributed by atoms with Crippen LogP contribution in [0.25, 0.3) is 5.82 Å². The molecular weight excluding hydrogens is 268 g/mol. The van der Waals surface area contributed by atoms with Gasteiger partial charge in [-0.3, -0.25) is 9.36 Å². The van der Waals surface area contributed by atoms with Crippen LogP contribution in [0, 0.1) is 5.92 Å². The zero-order valence-electron chi connectivity index (χ0n) is 12.2. The molecule has 0 saturated carbocycles. The predicted molar refractivity (Wildman–Crippen MR) is 79.2 cm³/mol. The van der Waals surface area contributed by atoms with Crippen LogP contribution in [0.15, 0.2) is 36.9 Å². The van der Waals surface area contributed by atoms with Crippen molar-refractivity contribution in [1.29, 1.82) is 0 Å². The maximum atomic E-state index is 12.1. The number of hydrogen-bond donors (Lipinski definition) is 2. The normalized spacial score (nSPS) is 13.7. The summed E-state index contributed by atoms with van der Waals surface area (Å²) in [6.45, 7) is 4.25. The van der Waals surface area contributed by atoms with Crippen LogP contribution in [0.4, 0.5) is 0 Å². The fraction of sp³-hybridized carbons (Fsp3) is 0.400. The molecular formula is C15H20N4O2. The summed E-state index contributed by atoms with van der Waals surface area (Å²) in [4.78, 5) is 20.4. The Balaban J connectivity index is 1.98. The first-order valence-electron chi connectivity index (χ1n) is 6.98. The molecule has 0 aliphatic heterocycles. The highest BCUT2D eigenvalue weighted by atomic mass is 16.3. The first-order chi connectivity index (χ1) is 10.1. The quantitative estimate of drug-likeness (QED) is 0.842. The Bertz CT molecular complexity index is 581. The Kier molecular flexibility index (Phi) is 5.05. The minimum Gasteiger partial charge on any atom is -0.393 e. The molecule has 0 bridgehead atoms. The smallest absolute Gasteiger partial charge is 0.269 e. The molecule has 1 amide bonds. The summed E-state index contributed by atoms with van der Waals surface area (Å²) in [6, 6.07) is 5.28. The van der Waals surface area contributed by atoms with Crippen LogP contribution in [-0.2, 0) is 0 Å². The molecule has 2 rings (SSSR count). The molecule has 2 atom stereocenters. The van der Waals surface area contributed by atoms with Crippen molar-refractivity contribution in [3.8, 4) is 5.82 Å². The number of carbonyl (C=O) groups excluding carboxylic acids is 1. The van der Waals surface area contributed by atoms with Gasteiger partial charge in [-0.25, -0.2) is 9.97 Å². The van der Waals surface area contributed by atoms with Gasteiger partial charge in [0.05, 0.1) is 6.10 Å². The lowest BCUT2D eigenvalue weighted by Gasteiger charge is -2.14. The van der Waals surface area contributed by atoms with Gasteiger partial charge in [0.15, 0.2) is 0 Å². The monoisotopic (exact) mass is 288 g/mol. The number of aromatic nitrogens is 3. The van der Waals surface area contributed by atoms with Gasteiger partial charge >= 0.3 is 0 Å². The predicted octanol–water partition coefficient (Wildman–Crippen LogP) is 1.40. The minimum atomic E-state index is -0.361. The summed E-state index contributed by atoms with van der Waals surface area (Å²) in [5, 5.41) is 12.2. The SMILES string of the molecule is CC(O)CC(C)CNC(=O)c1cccc(-n2ccnc2)n1. The number of rotatable bonds is 6. The van der Waals surface area contributed by atoms with Gasteiger partial charge in [0, 0.05) is 18.9 Å². The third kappa shape index (κ3) is 4.39. The van der Waals surface area contributed by atoms with E-state index in [2.05, 4.69) is 15.3 Å². The molecule has 6 heteroatoms. The van der Waals surface area contributed by atoms with Crippen molar-refractivity contribution >= 4 is 5.91 Å². The Labute approximate surface area is 123 Å². The van der Waals surface area contributed by atoms with Gasteiger partial charge < -0.3 is 10.4 Å². The number of imidazole rings is 1. The van der Waals surface area contributed by atoms with Gasteiger partial charge in [-0.1, -0.05) is 13.0 Å². The Hall–Kier alpha value is -2.21. The molecule has 0 spiro atoms. The number of carbonyl (C=O) groups is 1. The molecule has 0 fully saturated rings. The maximum absolute atomic E-state index is 12.1. The number of aliphatic hydroxyl groups is 1. The molecule has 0 aliphatic carbocycles. The Morgan fingerprint density at radius 2 is 2.24 bits per heavy atom. The van der Waals surface area contributed by atoms with Gasteiger partial charge in [-0.15, -0.1) is 0 Å². The molecule has 0 radical (unpaired) electrons. The Morgan fingerprint density at radius 1 is 1.43 bits per heavy atom. The van der Waals surface area contributed by atoms with Crippen molar-refractivity contribution < 1.29 is 9.90 Å². The van der Waals surface area contributed by atoms with Crippen LogP contribution in [0.5, 0.6) is 0 Å². The standard InChI is InChI=1S/C15H20N4O2/c1-11(8-12(2)20)9-17-15(21)13-4-3-5-14(18-13)19-7-6-16-10-19/h3-7,10-12,20H,8-9H2,1-2H3,(H,17,21). The third-order valence-electron chi connectivity index (χ3n) is 3.09. The lowest BCUT2D eigenvalue weighted by atomic mass is 10.0. The van der Waals surface area contributed by atoms with Crippen molar-refractivity contribution in [3.05, 3.63) is 42.6 Å². The first kappa shape index (κ1) is 15.2. The number of nitrogens with one attached hydrogen (secondary N) is 1. The minimum absolute atomic E-state index is 0.214. The van der Waals surface area contributed by atoms with Crippen molar-refractivity contribution in [2.45, 2.75) is 26.4 Å². The zero-order valence-corrected chi connectivity index (χ0v) is 12.2. The lowest BCUT2D eigenvalue weighted by Crippen LogP contribution is -2.30. The highest BCUT2D eigenvalue weighted by Crippen LogP contribution is 2.07. The largest absolute Gasteiger partial charge is 0.393 e. The average Bonchev–Trinajstić information content (AvgIpc) is 2.98. The van der Waals surface area contributed by atoms with E-state index < -0.39 is 0 Å². The second kappa shape index (κ2) is 6.99. The van der Waals surface area contributed by atoms with Crippen LogP contribution in [-0.4, -0.2) is 38.2 Å². The fourth-order valence-electron chi connectivity index (χ4n) is 2.11. The van der Waals surface area contributed by atoms with E-state index in [4.69, 9.17) is 0 Å². The summed E-state index contributed by atoms with van der Waals surface area (Å²) < 4.78 is 1.74. The summed E-state index contributed by atoms with van der Waals surface area (Å²) in [7, 11) is 0. The number of pyridine rings is 1. The van der Waals surface area contributed by atoms with E-state index in [0.717, 1.165) is 0 Å². The van der Waals surface area contributed by atoms with Crippen LogP contribution in [0.3, 0.4) is 0 Å². The molecule has 0 saturated heterocycles. The van der Waals surface area contributed by atoms with E-state index in [9.17, 15) is 9.90 Å². The summed E-state index contributed by atoms with van der Waals surface area (Å²) in [5.41, 5.74) is 0.366. The zero-order chi connectivity index (χ0) is 15.2. The van der Waals surface area contributed by atoms with E-state index in [1.54, 1.807) is 42.3 Å². The molecule has 2 heterocycles. The van der Waals surface area contributed by atoms with Gasteiger partial charge in [-0.2, -0.15) is 0 Å². The Morgan fingerprint density at radius 3 is 2.90 bits per heavy atom. The van der Waals surface area contributed by atoms with Crippen molar-refractivity contribution in [2.24, 2.45) is 5.92 Å². The summed E-state index contributed by atoms with van der Waals surface area (Å²) in [5.74, 6) is 0.650. The highest BCUT2D eigenvalue weighted by Gasteiger charge is 2.11. The highest BCUT2D eigenvalue weighted by molar-refractivity contribution is 5.92.